The average molecular weight is 575 g/mol. The molecule has 0 aliphatic carbocycles. The molecule has 11 heteroatoms. The second kappa shape index (κ2) is 12.5. The van der Waals surface area contributed by atoms with E-state index in [1.165, 1.54) is 16.2 Å². The molecule has 1 N–H and O–H groups in total. The number of anilines is 2. The van der Waals surface area contributed by atoms with Crippen LogP contribution < -0.4 is 10.2 Å². The van der Waals surface area contributed by atoms with E-state index in [9.17, 15) is 4.79 Å². The Hall–Kier alpha value is -3.67. The first-order valence-electron chi connectivity index (χ1n) is 13.9. The van der Waals surface area contributed by atoms with Crippen molar-refractivity contribution in [1.29, 1.82) is 0 Å². The van der Waals surface area contributed by atoms with Crippen molar-refractivity contribution in [3.8, 4) is 16.9 Å². The summed E-state index contributed by atoms with van der Waals surface area (Å²) >= 11 is 1.51. The van der Waals surface area contributed by atoms with Crippen molar-refractivity contribution >= 4 is 28.6 Å². The van der Waals surface area contributed by atoms with Crippen LogP contribution in [-0.4, -0.2) is 82.2 Å². The number of methoxy groups -OCH3 is 1. The zero-order valence-electron chi connectivity index (χ0n) is 24.4. The quantitative estimate of drug-likeness (QED) is 0.285. The number of aryl methyl sites for hydroxylation is 1. The van der Waals surface area contributed by atoms with Crippen molar-refractivity contribution in [2.75, 3.05) is 56.7 Å². The third-order valence-electron chi connectivity index (χ3n) is 7.21. The van der Waals surface area contributed by atoms with Gasteiger partial charge in [-0.2, -0.15) is 0 Å². The van der Waals surface area contributed by atoms with Crippen LogP contribution in [0.1, 0.15) is 47.4 Å². The highest BCUT2D eigenvalue weighted by Crippen LogP contribution is 2.30. The summed E-state index contributed by atoms with van der Waals surface area (Å²) in [5.41, 5.74) is 4.83. The first-order chi connectivity index (χ1) is 19.7. The smallest absolute Gasteiger partial charge is 0.265 e. The van der Waals surface area contributed by atoms with Crippen LogP contribution in [-0.2, 0) is 10.2 Å². The Kier molecular flexibility index (Phi) is 8.77. The van der Waals surface area contributed by atoms with Gasteiger partial charge in [0, 0.05) is 63.1 Å². The van der Waals surface area contributed by atoms with Gasteiger partial charge in [0.2, 0.25) is 0 Å². The maximum Gasteiger partial charge on any atom is 0.265 e. The van der Waals surface area contributed by atoms with Gasteiger partial charge in [-0.3, -0.25) is 19.7 Å². The molecule has 1 amide bonds. The van der Waals surface area contributed by atoms with Gasteiger partial charge >= 0.3 is 0 Å². The van der Waals surface area contributed by atoms with Gasteiger partial charge in [-0.15, -0.1) is 16.4 Å². The number of nitrogens with one attached hydrogen (secondary N) is 1. The Morgan fingerprint density at radius 1 is 1.10 bits per heavy atom. The summed E-state index contributed by atoms with van der Waals surface area (Å²) in [6.45, 7) is 14.2. The molecule has 0 saturated carbocycles. The predicted octanol–water partition coefficient (Wildman–Crippen LogP) is 4.80. The van der Waals surface area contributed by atoms with Gasteiger partial charge in [0.05, 0.1) is 46.2 Å². The Labute approximate surface area is 245 Å². The van der Waals surface area contributed by atoms with Crippen LogP contribution >= 0.6 is 11.3 Å². The van der Waals surface area contributed by atoms with E-state index in [4.69, 9.17) is 4.74 Å². The molecule has 4 aromatic heterocycles. The highest BCUT2D eigenvalue weighted by molar-refractivity contribution is 7.14. The van der Waals surface area contributed by atoms with Crippen molar-refractivity contribution in [3.63, 3.8) is 0 Å². The maximum atomic E-state index is 12.9. The fraction of sp³-hybridized carbons (Fsp3) is 0.433. The molecule has 4 aromatic rings. The standard InChI is InChI=1S/C30H38N8O2S/c1-21-26(16-23(18-32-21)33-29(39)27-7-8-28(41-27)30(2,3)4)38-20-25(34-35-38)22-15-24(19-31-17-22)37-12-10-36(11-13-37)9-6-14-40-5/h7-8,15-20H,6,9-14H2,1-5H3,(H,33,39). The fourth-order valence-corrected chi connectivity index (χ4v) is 5.75. The topological polar surface area (TPSA) is 101 Å². The van der Waals surface area contributed by atoms with Gasteiger partial charge in [0.15, 0.2) is 0 Å². The van der Waals surface area contributed by atoms with Crippen molar-refractivity contribution in [3.05, 3.63) is 64.5 Å². The van der Waals surface area contributed by atoms with Crippen molar-refractivity contribution < 1.29 is 9.53 Å². The summed E-state index contributed by atoms with van der Waals surface area (Å²) in [6.07, 6.45) is 8.32. The largest absolute Gasteiger partial charge is 0.385 e. The molecule has 1 aliphatic rings. The molecule has 216 valence electrons. The van der Waals surface area contributed by atoms with Crippen LogP contribution in [0.3, 0.4) is 0 Å². The molecule has 5 heterocycles. The molecule has 0 bridgehead atoms. The Morgan fingerprint density at radius 2 is 1.90 bits per heavy atom. The van der Waals surface area contributed by atoms with E-state index in [-0.39, 0.29) is 11.3 Å². The lowest BCUT2D eigenvalue weighted by atomic mass is 9.95. The van der Waals surface area contributed by atoms with E-state index >= 15 is 0 Å². The molecule has 5 rings (SSSR count). The van der Waals surface area contributed by atoms with E-state index in [2.05, 4.69) is 62.2 Å². The van der Waals surface area contributed by atoms with Gasteiger partial charge in [-0.25, -0.2) is 4.68 Å². The molecule has 1 fully saturated rings. The molecular weight excluding hydrogens is 536 g/mol. The summed E-state index contributed by atoms with van der Waals surface area (Å²) < 4.78 is 6.88. The first kappa shape index (κ1) is 28.8. The van der Waals surface area contributed by atoms with Gasteiger partial charge in [0.25, 0.3) is 5.91 Å². The van der Waals surface area contributed by atoms with Crippen LogP contribution in [0.25, 0.3) is 16.9 Å². The highest BCUT2D eigenvalue weighted by Gasteiger charge is 2.20. The minimum atomic E-state index is -0.153. The molecule has 0 spiro atoms. The zero-order valence-corrected chi connectivity index (χ0v) is 25.2. The van der Waals surface area contributed by atoms with Gasteiger partial charge < -0.3 is 15.0 Å². The van der Waals surface area contributed by atoms with Crippen molar-refractivity contribution in [2.24, 2.45) is 0 Å². The first-order valence-corrected chi connectivity index (χ1v) is 14.8. The molecule has 1 aliphatic heterocycles. The van der Waals surface area contributed by atoms with Crippen LogP contribution in [0, 0.1) is 6.92 Å². The zero-order chi connectivity index (χ0) is 29.0. The summed E-state index contributed by atoms with van der Waals surface area (Å²) in [4.78, 5) is 28.6. The number of rotatable bonds is 9. The van der Waals surface area contributed by atoms with Gasteiger partial charge in [-0.1, -0.05) is 26.0 Å². The number of carbonyl (C=O) groups excluding carboxylic acids is 1. The number of nitrogens with zero attached hydrogens (tertiary/aromatic N) is 7. The van der Waals surface area contributed by atoms with Crippen LogP contribution in [0.4, 0.5) is 11.4 Å². The SMILES string of the molecule is COCCCN1CCN(c2cncc(-c3cn(-c4cc(NC(=O)c5ccc(C(C)(C)C)s5)cnc4C)nn3)c2)CC1. The molecule has 0 radical (unpaired) electrons. The number of pyridine rings is 2. The molecule has 41 heavy (non-hydrogen) atoms. The number of amides is 1. The number of hydrogen-bond acceptors (Lipinski definition) is 9. The lowest BCUT2D eigenvalue weighted by molar-refractivity contribution is 0.103. The lowest BCUT2D eigenvalue weighted by Crippen LogP contribution is -2.46. The number of hydrogen-bond donors (Lipinski definition) is 1. The van der Waals surface area contributed by atoms with Gasteiger partial charge in [-0.05, 0) is 43.0 Å². The molecule has 10 nitrogen and oxygen atoms in total. The average Bonchev–Trinajstić information content (AvgIpc) is 3.66. The number of carbonyl (C=O) groups is 1. The second-order valence-corrected chi connectivity index (χ2v) is 12.4. The van der Waals surface area contributed by atoms with E-state index in [1.807, 2.05) is 43.7 Å². The number of aromatic nitrogens is 5. The normalized spacial score (nSPS) is 14.4. The predicted molar refractivity (Wildman–Crippen MR) is 163 cm³/mol. The molecule has 0 atom stereocenters. The third-order valence-corrected chi connectivity index (χ3v) is 8.72. The van der Waals surface area contributed by atoms with Crippen LogP contribution in [0.15, 0.2) is 49.1 Å². The highest BCUT2D eigenvalue weighted by atomic mass is 32.1. The van der Waals surface area contributed by atoms with E-state index in [0.29, 0.717) is 10.6 Å². The summed E-state index contributed by atoms with van der Waals surface area (Å²) in [5, 5.41) is 11.8. The van der Waals surface area contributed by atoms with E-state index < -0.39 is 0 Å². The molecular formula is C30H38N8O2S. The summed E-state index contributed by atoms with van der Waals surface area (Å²) in [6, 6.07) is 7.88. The van der Waals surface area contributed by atoms with E-state index in [0.717, 1.165) is 74.1 Å². The lowest BCUT2D eigenvalue weighted by Gasteiger charge is -2.36. The Morgan fingerprint density at radius 3 is 2.63 bits per heavy atom. The van der Waals surface area contributed by atoms with Crippen molar-refractivity contribution in [2.45, 2.75) is 39.5 Å². The molecule has 1 saturated heterocycles. The maximum absolute atomic E-state index is 12.9. The molecule has 0 aromatic carbocycles. The van der Waals surface area contributed by atoms with Crippen molar-refractivity contribution in [1.82, 2.24) is 29.9 Å². The van der Waals surface area contributed by atoms with E-state index in [1.54, 1.807) is 18.0 Å². The number of thiophene rings is 1. The van der Waals surface area contributed by atoms with Crippen LogP contribution in [0.2, 0.25) is 0 Å². The summed E-state index contributed by atoms with van der Waals surface area (Å²) in [7, 11) is 1.75. The van der Waals surface area contributed by atoms with Gasteiger partial charge in [0.1, 0.15) is 5.69 Å². The van der Waals surface area contributed by atoms with Crippen LogP contribution in [0.5, 0.6) is 0 Å². The monoisotopic (exact) mass is 574 g/mol. The fourth-order valence-electron chi connectivity index (χ4n) is 4.79. The summed E-state index contributed by atoms with van der Waals surface area (Å²) in [5.74, 6) is -0.153. The number of ether oxygens (including phenoxy) is 1. The molecule has 0 unspecified atom stereocenters. The minimum absolute atomic E-state index is 0.000673. The number of piperazine rings is 1. The Balaban J connectivity index is 1.27. The second-order valence-electron chi connectivity index (χ2n) is 11.4. The Bertz CT molecular complexity index is 1480. The third kappa shape index (κ3) is 6.98. The minimum Gasteiger partial charge on any atom is -0.385 e.